The molecule has 1 atom stereocenters. The van der Waals surface area contributed by atoms with Gasteiger partial charge in [-0.05, 0) is 50.1 Å². The maximum absolute atomic E-state index is 12.8. The van der Waals surface area contributed by atoms with E-state index in [1.807, 2.05) is 30.3 Å². The average molecular weight is 493 g/mol. The van der Waals surface area contributed by atoms with Crippen molar-refractivity contribution in [3.05, 3.63) is 94.2 Å². The van der Waals surface area contributed by atoms with E-state index < -0.39 is 28.6 Å². The summed E-state index contributed by atoms with van der Waals surface area (Å²) in [5.74, 6) is -0.477. The van der Waals surface area contributed by atoms with Gasteiger partial charge >= 0.3 is 17.7 Å². The Balaban J connectivity index is 1.68. The first kappa shape index (κ1) is 26.1. The lowest BCUT2D eigenvalue weighted by Gasteiger charge is -2.24. The standard InChI is InChI=1S/C26H28N4O6/c1-26(2,3)36-24(31)21(29-25(32)35-17-19-8-5-4-6-9-19)16-18-11-13-20(14-12-18)28-23-22(30(33)34)10-7-15-27-23/h4-15,21H,16-17H2,1-3H3,(H,27,28)(H,29,32)/t21-/m0/s1. The Kier molecular flexibility index (Phi) is 8.56. The number of carbonyl (C=O) groups excluding carboxylic acids is 2. The van der Waals surface area contributed by atoms with Crippen LogP contribution in [0, 0.1) is 10.1 Å². The highest BCUT2D eigenvalue weighted by Crippen LogP contribution is 2.25. The van der Waals surface area contributed by atoms with Gasteiger partial charge in [0.25, 0.3) is 0 Å². The zero-order valence-electron chi connectivity index (χ0n) is 20.3. The Morgan fingerprint density at radius 1 is 1.00 bits per heavy atom. The van der Waals surface area contributed by atoms with Gasteiger partial charge in [0, 0.05) is 24.4 Å². The Hall–Kier alpha value is -4.47. The second-order valence-electron chi connectivity index (χ2n) is 8.95. The molecular formula is C26H28N4O6. The van der Waals surface area contributed by atoms with Gasteiger partial charge in [0.1, 0.15) is 18.2 Å². The molecular weight excluding hydrogens is 464 g/mol. The van der Waals surface area contributed by atoms with Crippen LogP contribution in [0.15, 0.2) is 72.9 Å². The Morgan fingerprint density at radius 2 is 1.69 bits per heavy atom. The predicted octanol–water partition coefficient (Wildman–Crippen LogP) is 4.91. The minimum Gasteiger partial charge on any atom is -0.458 e. The van der Waals surface area contributed by atoms with Crippen molar-refractivity contribution in [1.82, 2.24) is 10.3 Å². The lowest BCUT2D eigenvalue weighted by molar-refractivity contribution is -0.384. The number of nitrogens with one attached hydrogen (secondary N) is 2. The van der Waals surface area contributed by atoms with Crippen LogP contribution in [-0.4, -0.2) is 33.6 Å². The normalized spacial score (nSPS) is 11.8. The van der Waals surface area contributed by atoms with Crippen molar-refractivity contribution >= 4 is 29.3 Å². The second-order valence-corrected chi connectivity index (χ2v) is 8.95. The molecule has 3 rings (SSSR count). The van der Waals surface area contributed by atoms with Crippen LogP contribution in [0.4, 0.5) is 22.0 Å². The molecule has 0 aliphatic rings. The van der Waals surface area contributed by atoms with E-state index in [4.69, 9.17) is 9.47 Å². The summed E-state index contributed by atoms with van der Waals surface area (Å²) in [6, 6.07) is 17.9. The van der Waals surface area contributed by atoms with Gasteiger partial charge in [-0.2, -0.15) is 0 Å². The van der Waals surface area contributed by atoms with Crippen molar-refractivity contribution < 1.29 is 24.0 Å². The summed E-state index contributed by atoms with van der Waals surface area (Å²) in [5.41, 5.74) is 1.23. The molecule has 0 saturated heterocycles. The maximum atomic E-state index is 12.8. The fraction of sp³-hybridized carbons (Fsp3) is 0.269. The number of aromatic nitrogens is 1. The first-order chi connectivity index (χ1) is 17.1. The van der Waals surface area contributed by atoms with E-state index in [0.29, 0.717) is 5.69 Å². The number of hydrogen-bond acceptors (Lipinski definition) is 8. The van der Waals surface area contributed by atoms with Crippen molar-refractivity contribution in [3.63, 3.8) is 0 Å². The summed E-state index contributed by atoms with van der Waals surface area (Å²) in [6.07, 6.45) is 0.868. The van der Waals surface area contributed by atoms with Crippen molar-refractivity contribution in [2.24, 2.45) is 0 Å². The number of carbonyl (C=O) groups is 2. The summed E-state index contributed by atoms with van der Waals surface area (Å²) in [7, 11) is 0. The fourth-order valence-electron chi connectivity index (χ4n) is 3.21. The number of ether oxygens (including phenoxy) is 2. The minimum atomic E-state index is -0.983. The lowest BCUT2D eigenvalue weighted by Crippen LogP contribution is -2.45. The summed E-state index contributed by atoms with van der Waals surface area (Å²) in [4.78, 5) is 39.9. The van der Waals surface area contributed by atoms with Crippen molar-refractivity contribution in [3.8, 4) is 0 Å². The number of amides is 1. The highest BCUT2D eigenvalue weighted by molar-refractivity contribution is 5.82. The summed E-state index contributed by atoms with van der Waals surface area (Å²) < 4.78 is 10.7. The third-order valence-corrected chi connectivity index (χ3v) is 4.84. The largest absolute Gasteiger partial charge is 0.458 e. The number of rotatable bonds is 9. The highest BCUT2D eigenvalue weighted by Gasteiger charge is 2.27. The predicted molar refractivity (Wildman–Crippen MR) is 134 cm³/mol. The zero-order chi connectivity index (χ0) is 26.1. The Bertz CT molecular complexity index is 1190. The van der Waals surface area contributed by atoms with Crippen molar-refractivity contribution in [2.75, 3.05) is 5.32 Å². The van der Waals surface area contributed by atoms with Crippen LogP contribution < -0.4 is 10.6 Å². The molecule has 0 spiro atoms. The molecule has 1 amide bonds. The molecule has 1 heterocycles. The molecule has 0 aliphatic heterocycles. The van der Waals surface area contributed by atoms with Gasteiger partial charge < -0.3 is 20.1 Å². The molecule has 0 radical (unpaired) electrons. The van der Waals surface area contributed by atoms with Crippen LogP contribution in [0.3, 0.4) is 0 Å². The van der Waals surface area contributed by atoms with E-state index in [1.165, 1.54) is 18.3 Å². The number of benzene rings is 2. The monoisotopic (exact) mass is 492 g/mol. The van der Waals surface area contributed by atoms with E-state index in [2.05, 4.69) is 15.6 Å². The van der Waals surface area contributed by atoms with E-state index in [-0.39, 0.29) is 24.5 Å². The smallest absolute Gasteiger partial charge is 0.408 e. The van der Waals surface area contributed by atoms with Crippen LogP contribution in [0.1, 0.15) is 31.9 Å². The molecule has 0 saturated carbocycles. The van der Waals surface area contributed by atoms with E-state index in [9.17, 15) is 19.7 Å². The second kappa shape index (κ2) is 11.8. The zero-order valence-corrected chi connectivity index (χ0v) is 20.3. The lowest BCUT2D eigenvalue weighted by atomic mass is 10.0. The molecule has 0 fully saturated rings. The maximum Gasteiger partial charge on any atom is 0.408 e. The van der Waals surface area contributed by atoms with Crippen molar-refractivity contribution in [2.45, 2.75) is 45.4 Å². The molecule has 10 nitrogen and oxygen atoms in total. The summed E-state index contributed by atoms with van der Waals surface area (Å²) in [5, 5.41) is 16.7. The van der Waals surface area contributed by atoms with Gasteiger partial charge in [-0.1, -0.05) is 42.5 Å². The van der Waals surface area contributed by atoms with E-state index in [0.717, 1.165) is 11.1 Å². The average Bonchev–Trinajstić information content (AvgIpc) is 2.83. The first-order valence-corrected chi connectivity index (χ1v) is 11.3. The summed E-state index contributed by atoms with van der Waals surface area (Å²) in [6.45, 7) is 5.29. The Labute approximate surface area is 208 Å². The number of nitro groups is 1. The number of esters is 1. The first-order valence-electron chi connectivity index (χ1n) is 11.3. The molecule has 2 N–H and O–H groups in total. The SMILES string of the molecule is CC(C)(C)OC(=O)[C@H](Cc1ccc(Nc2ncccc2[N+](=O)[O-])cc1)NC(=O)OCc1ccccc1. The van der Waals surface area contributed by atoms with Crippen LogP contribution in [0.25, 0.3) is 0 Å². The van der Waals surface area contributed by atoms with Crippen LogP contribution in [0.5, 0.6) is 0 Å². The minimum absolute atomic E-state index is 0.0632. The molecule has 0 unspecified atom stereocenters. The molecule has 10 heteroatoms. The molecule has 36 heavy (non-hydrogen) atoms. The molecule has 1 aromatic heterocycles. The number of nitrogens with zero attached hydrogens (tertiary/aromatic N) is 2. The Morgan fingerprint density at radius 3 is 2.33 bits per heavy atom. The fourth-order valence-corrected chi connectivity index (χ4v) is 3.21. The molecule has 0 aliphatic carbocycles. The third-order valence-electron chi connectivity index (χ3n) is 4.84. The number of anilines is 2. The van der Waals surface area contributed by atoms with E-state index >= 15 is 0 Å². The van der Waals surface area contributed by atoms with Crippen LogP contribution in [-0.2, 0) is 27.3 Å². The topological polar surface area (TPSA) is 133 Å². The number of hydrogen-bond donors (Lipinski definition) is 2. The molecule has 3 aromatic rings. The highest BCUT2D eigenvalue weighted by atomic mass is 16.6. The van der Waals surface area contributed by atoms with Gasteiger partial charge in [0.2, 0.25) is 5.82 Å². The third kappa shape index (κ3) is 8.08. The molecule has 0 bridgehead atoms. The van der Waals surface area contributed by atoms with Crippen LogP contribution in [0.2, 0.25) is 0 Å². The van der Waals surface area contributed by atoms with Gasteiger partial charge in [0.05, 0.1) is 4.92 Å². The molecule has 188 valence electrons. The van der Waals surface area contributed by atoms with E-state index in [1.54, 1.807) is 45.0 Å². The van der Waals surface area contributed by atoms with Gasteiger partial charge in [-0.15, -0.1) is 0 Å². The number of alkyl carbamates (subject to hydrolysis) is 1. The van der Waals surface area contributed by atoms with Gasteiger partial charge in [-0.3, -0.25) is 10.1 Å². The van der Waals surface area contributed by atoms with Crippen LogP contribution >= 0.6 is 0 Å². The quantitative estimate of drug-likeness (QED) is 0.244. The van der Waals surface area contributed by atoms with Gasteiger partial charge in [-0.25, -0.2) is 14.6 Å². The van der Waals surface area contributed by atoms with Crippen molar-refractivity contribution in [1.29, 1.82) is 0 Å². The molecule has 2 aromatic carbocycles. The summed E-state index contributed by atoms with van der Waals surface area (Å²) >= 11 is 0. The van der Waals surface area contributed by atoms with Gasteiger partial charge in [0.15, 0.2) is 0 Å². The number of pyridine rings is 1.